The second-order valence-corrected chi connectivity index (χ2v) is 7.81. The van der Waals surface area contributed by atoms with Gasteiger partial charge in [-0.2, -0.15) is 0 Å². The van der Waals surface area contributed by atoms with Gasteiger partial charge in [0.15, 0.2) is 0 Å². The molecule has 1 unspecified atom stereocenters. The van der Waals surface area contributed by atoms with Crippen molar-refractivity contribution in [3.8, 4) is 0 Å². The molecular weight excluding hydrogens is 252 g/mol. The normalized spacial score (nSPS) is 21.5. The molecule has 0 bridgehead atoms. The fraction of sp³-hybridized carbons (Fsp3) is 0.812. The molecule has 1 N–H and O–H groups in total. The Morgan fingerprint density at radius 2 is 2.11 bits per heavy atom. The summed E-state index contributed by atoms with van der Waals surface area (Å²) < 4.78 is 0. The SMILES string of the molecule is CCCNC(C)c1cnc(C2CCC(C)(C)CC2)s1. The van der Waals surface area contributed by atoms with Crippen molar-refractivity contribution in [2.75, 3.05) is 6.54 Å². The minimum atomic E-state index is 0.450. The fourth-order valence-corrected chi connectivity index (χ4v) is 3.91. The lowest BCUT2D eigenvalue weighted by Crippen LogP contribution is -2.20. The molecule has 0 amide bonds. The van der Waals surface area contributed by atoms with Crippen molar-refractivity contribution in [3.05, 3.63) is 16.1 Å². The summed E-state index contributed by atoms with van der Waals surface area (Å²) in [5.41, 5.74) is 0.548. The van der Waals surface area contributed by atoms with Crippen LogP contribution in [0.1, 0.15) is 81.6 Å². The summed E-state index contributed by atoms with van der Waals surface area (Å²) in [5, 5.41) is 4.92. The van der Waals surface area contributed by atoms with Crippen molar-refractivity contribution >= 4 is 11.3 Å². The van der Waals surface area contributed by atoms with Crippen LogP contribution in [0, 0.1) is 5.41 Å². The zero-order valence-electron chi connectivity index (χ0n) is 12.8. The second-order valence-electron chi connectivity index (χ2n) is 6.72. The molecule has 3 heteroatoms. The number of thiazole rings is 1. The van der Waals surface area contributed by atoms with E-state index in [2.05, 4.69) is 39.2 Å². The Kier molecular flexibility index (Phi) is 5.02. The highest BCUT2D eigenvalue weighted by Crippen LogP contribution is 2.43. The zero-order valence-corrected chi connectivity index (χ0v) is 13.6. The van der Waals surface area contributed by atoms with E-state index in [1.165, 1.54) is 42.0 Å². The third-order valence-corrected chi connectivity index (χ3v) is 5.70. The average molecular weight is 280 g/mol. The molecule has 2 nitrogen and oxygen atoms in total. The Morgan fingerprint density at radius 3 is 2.74 bits per heavy atom. The van der Waals surface area contributed by atoms with Gasteiger partial charge in [-0.05, 0) is 51.0 Å². The Morgan fingerprint density at radius 1 is 1.42 bits per heavy atom. The van der Waals surface area contributed by atoms with Crippen molar-refractivity contribution in [2.45, 2.75) is 71.8 Å². The van der Waals surface area contributed by atoms with Crippen molar-refractivity contribution in [1.82, 2.24) is 10.3 Å². The van der Waals surface area contributed by atoms with Gasteiger partial charge in [0.1, 0.15) is 0 Å². The highest BCUT2D eigenvalue weighted by atomic mass is 32.1. The molecule has 1 heterocycles. The van der Waals surface area contributed by atoms with E-state index in [9.17, 15) is 0 Å². The van der Waals surface area contributed by atoms with Crippen LogP contribution in [0.5, 0.6) is 0 Å². The van der Waals surface area contributed by atoms with Crippen LogP contribution in [0.3, 0.4) is 0 Å². The molecule has 1 aromatic heterocycles. The molecule has 1 atom stereocenters. The smallest absolute Gasteiger partial charge is 0.0959 e. The Hall–Kier alpha value is -0.410. The first kappa shape index (κ1) is 15.0. The van der Waals surface area contributed by atoms with Crippen molar-refractivity contribution < 1.29 is 0 Å². The van der Waals surface area contributed by atoms with Gasteiger partial charge in [-0.3, -0.25) is 0 Å². The maximum Gasteiger partial charge on any atom is 0.0959 e. The van der Waals surface area contributed by atoms with Crippen LogP contribution >= 0.6 is 11.3 Å². The van der Waals surface area contributed by atoms with E-state index in [4.69, 9.17) is 4.98 Å². The van der Waals surface area contributed by atoms with Crippen LogP contribution in [0.15, 0.2) is 6.20 Å². The van der Waals surface area contributed by atoms with Gasteiger partial charge in [-0.1, -0.05) is 20.8 Å². The van der Waals surface area contributed by atoms with Crippen LogP contribution < -0.4 is 5.32 Å². The molecule has 1 aliphatic carbocycles. The lowest BCUT2D eigenvalue weighted by Gasteiger charge is -2.33. The summed E-state index contributed by atoms with van der Waals surface area (Å²) in [6, 6.07) is 0.450. The Balaban J connectivity index is 1.94. The van der Waals surface area contributed by atoms with Crippen molar-refractivity contribution in [2.24, 2.45) is 5.41 Å². The minimum absolute atomic E-state index is 0.450. The van der Waals surface area contributed by atoms with Gasteiger partial charge in [-0.15, -0.1) is 11.3 Å². The topological polar surface area (TPSA) is 24.9 Å². The summed E-state index contributed by atoms with van der Waals surface area (Å²) in [5.74, 6) is 0.713. The zero-order chi connectivity index (χ0) is 13.9. The molecule has 0 spiro atoms. The molecule has 0 aliphatic heterocycles. The summed E-state index contributed by atoms with van der Waals surface area (Å²) in [6.45, 7) is 10.3. The third-order valence-electron chi connectivity index (χ3n) is 4.36. The number of aromatic nitrogens is 1. The quantitative estimate of drug-likeness (QED) is 0.831. The number of nitrogens with one attached hydrogen (secondary N) is 1. The van der Waals surface area contributed by atoms with E-state index in [0.29, 0.717) is 17.4 Å². The molecule has 0 saturated heterocycles. The fourth-order valence-electron chi connectivity index (χ4n) is 2.80. The van der Waals surface area contributed by atoms with Crippen LogP contribution in [0.2, 0.25) is 0 Å². The number of nitrogens with zero attached hydrogens (tertiary/aromatic N) is 1. The van der Waals surface area contributed by atoms with E-state index in [1.54, 1.807) is 0 Å². The van der Waals surface area contributed by atoms with Gasteiger partial charge in [0.2, 0.25) is 0 Å². The first-order valence-corrected chi connectivity index (χ1v) is 8.52. The molecular formula is C16H28N2S. The molecule has 1 fully saturated rings. The maximum absolute atomic E-state index is 4.70. The summed E-state index contributed by atoms with van der Waals surface area (Å²) >= 11 is 1.92. The van der Waals surface area contributed by atoms with Gasteiger partial charge in [0.05, 0.1) is 5.01 Å². The maximum atomic E-state index is 4.70. The summed E-state index contributed by atoms with van der Waals surface area (Å²) in [6.07, 6.45) is 8.60. The molecule has 0 radical (unpaired) electrons. The first-order chi connectivity index (χ1) is 9.02. The first-order valence-electron chi connectivity index (χ1n) is 7.71. The molecule has 19 heavy (non-hydrogen) atoms. The molecule has 1 aliphatic rings. The lowest BCUT2D eigenvalue weighted by atomic mass is 9.73. The van der Waals surface area contributed by atoms with Gasteiger partial charge >= 0.3 is 0 Å². The van der Waals surface area contributed by atoms with E-state index >= 15 is 0 Å². The highest BCUT2D eigenvalue weighted by molar-refractivity contribution is 7.11. The van der Waals surface area contributed by atoms with E-state index in [-0.39, 0.29) is 0 Å². The molecule has 1 saturated carbocycles. The van der Waals surface area contributed by atoms with Crippen LogP contribution in [0.4, 0.5) is 0 Å². The van der Waals surface area contributed by atoms with Crippen LogP contribution in [-0.2, 0) is 0 Å². The summed E-state index contributed by atoms with van der Waals surface area (Å²) in [4.78, 5) is 6.09. The van der Waals surface area contributed by atoms with E-state index in [1.807, 2.05) is 11.3 Å². The van der Waals surface area contributed by atoms with Gasteiger partial charge in [0, 0.05) is 23.0 Å². The average Bonchev–Trinajstić information content (AvgIpc) is 2.85. The molecule has 1 aromatic rings. The van der Waals surface area contributed by atoms with Crippen LogP contribution in [-0.4, -0.2) is 11.5 Å². The predicted molar refractivity (Wildman–Crippen MR) is 83.8 cm³/mol. The van der Waals surface area contributed by atoms with Gasteiger partial charge < -0.3 is 5.32 Å². The Bertz CT molecular complexity index is 387. The predicted octanol–water partition coefficient (Wildman–Crippen LogP) is 4.89. The third kappa shape index (κ3) is 4.03. The van der Waals surface area contributed by atoms with Crippen molar-refractivity contribution in [3.63, 3.8) is 0 Å². The van der Waals surface area contributed by atoms with E-state index < -0.39 is 0 Å². The van der Waals surface area contributed by atoms with Gasteiger partial charge in [-0.25, -0.2) is 4.98 Å². The standard InChI is InChI=1S/C16H28N2S/c1-5-10-17-12(2)14-11-18-15(19-14)13-6-8-16(3,4)9-7-13/h11-13,17H,5-10H2,1-4H3. The minimum Gasteiger partial charge on any atom is -0.309 e. The lowest BCUT2D eigenvalue weighted by molar-refractivity contribution is 0.224. The molecule has 108 valence electrons. The van der Waals surface area contributed by atoms with E-state index in [0.717, 1.165) is 6.54 Å². The number of hydrogen-bond donors (Lipinski definition) is 1. The second kappa shape index (κ2) is 6.36. The van der Waals surface area contributed by atoms with Crippen molar-refractivity contribution in [1.29, 1.82) is 0 Å². The largest absolute Gasteiger partial charge is 0.309 e. The van der Waals surface area contributed by atoms with Gasteiger partial charge in [0.25, 0.3) is 0 Å². The molecule has 0 aromatic carbocycles. The number of hydrogen-bond acceptors (Lipinski definition) is 3. The highest BCUT2D eigenvalue weighted by Gasteiger charge is 2.29. The molecule has 2 rings (SSSR count). The summed E-state index contributed by atoms with van der Waals surface area (Å²) in [7, 11) is 0. The monoisotopic (exact) mass is 280 g/mol. The van der Waals surface area contributed by atoms with Crippen LogP contribution in [0.25, 0.3) is 0 Å². The Labute approximate surface area is 122 Å². The number of rotatable bonds is 5.